The fourth-order valence-electron chi connectivity index (χ4n) is 0.975. The lowest BCUT2D eigenvalue weighted by molar-refractivity contribution is -0.132. The summed E-state index contributed by atoms with van der Waals surface area (Å²) in [7, 11) is 0. The van der Waals surface area contributed by atoms with Gasteiger partial charge in [-0.3, -0.25) is 0 Å². The van der Waals surface area contributed by atoms with Crippen molar-refractivity contribution in [2.24, 2.45) is 0 Å². The van der Waals surface area contributed by atoms with Crippen molar-refractivity contribution in [1.29, 1.82) is 0 Å². The van der Waals surface area contributed by atoms with E-state index in [0.29, 0.717) is 12.1 Å². The Morgan fingerprint density at radius 3 is 2.79 bits per heavy atom. The Kier molecular flexibility index (Phi) is 6.51. The molecule has 14 heavy (non-hydrogen) atoms. The zero-order valence-corrected chi connectivity index (χ0v) is 8.71. The van der Waals surface area contributed by atoms with Crippen molar-refractivity contribution in [1.82, 2.24) is 5.32 Å². The van der Waals surface area contributed by atoms with Crippen LogP contribution in [-0.2, 0) is 4.79 Å². The molecule has 0 bridgehead atoms. The van der Waals surface area contributed by atoms with Crippen LogP contribution in [0.3, 0.4) is 0 Å². The van der Waals surface area contributed by atoms with Gasteiger partial charge in [-0.05, 0) is 13.3 Å². The predicted octanol–water partition coefficient (Wildman–Crippen LogP) is 1.41. The van der Waals surface area contributed by atoms with Crippen molar-refractivity contribution in [3.63, 3.8) is 0 Å². The van der Waals surface area contributed by atoms with E-state index in [-0.39, 0.29) is 6.04 Å². The summed E-state index contributed by atoms with van der Waals surface area (Å²) in [5.41, 5.74) is 0.338. The van der Waals surface area contributed by atoms with Gasteiger partial charge in [0.25, 0.3) is 0 Å². The fourth-order valence-corrected chi connectivity index (χ4v) is 0.975. The van der Waals surface area contributed by atoms with Crippen LogP contribution in [0.5, 0.6) is 0 Å². The standard InChI is InChI=1S/C11H17NO2/c1-4-6-10(5-2)12-8-7-9(3)11(13)14/h2,7,10,12H,4,6,8H2,1,3H3,(H,13,14)/b9-7-. The normalized spacial score (nSPS) is 13.4. The summed E-state index contributed by atoms with van der Waals surface area (Å²) in [5, 5.41) is 11.7. The number of hydrogen-bond acceptors (Lipinski definition) is 2. The van der Waals surface area contributed by atoms with Gasteiger partial charge in [0.05, 0.1) is 6.04 Å². The number of carboxylic acid groups (broad SMARTS) is 1. The predicted molar refractivity (Wildman–Crippen MR) is 56.9 cm³/mol. The van der Waals surface area contributed by atoms with E-state index in [1.165, 1.54) is 0 Å². The molecule has 0 aromatic rings. The van der Waals surface area contributed by atoms with Crippen LogP contribution in [-0.4, -0.2) is 23.7 Å². The fraction of sp³-hybridized carbons (Fsp3) is 0.545. The van der Waals surface area contributed by atoms with Crippen LogP contribution >= 0.6 is 0 Å². The first-order chi connectivity index (χ1) is 6.61. The van der Waals surface area contributed by atoms with Crippen LogP contribution in [0, 0.1) is 12.3 Å². The molecule has 0 amide bonds. The highest BCUT2D eigenvalue weighted by Gasteiger charge is 2.02. The van der Waals surface area contributed by atoms with Crippen LogP contribution in [0.4, 0.5) is 0 Å². The highest BCUT2D eigenvalue weighted by molar-refractivity contribution is 5.85. The molecular weight excluding hydrogens is 178 g/mol. The SMILES string of the molecule is C#CC(CCC)NC/C=C(/C)C(=O)O. The minimum absolute atomic E-state index is 0.0397. The third kappa shape index (κ3) is 5.39. The summed E-state index contributed by atoms with van der Waals surface area (Å²) in [6.07, 6.45) is 8.84. The Morgan fingerprint density at radius 2 is 2.36 bits per heavy atom. The minimum atomic E-state index is -0.889. The molecule has 0 radical (unpaired) electrons. The van der Waals surface area contributed by atoms with Gasteiger partial charge in [-0.25, -0.2) is 4.79 Å². The van der Waals surface area contributed by atoms with Crippen molar-refractivity contribution >= 4 is 5.97 Å². The molecule has 1 atom stereocenters. The first-order valence-corrected chi connectivity index (χ1v) is 4.71. The van der Waals surface area contributed by atoms with Gasteiger partial charge >= 0.3 is 5.97 Å². The molecular formula is C11H17NO2. The average molecular weight is 195 g/mol. The maximum absolute atomic E-state index is 10.4. The molecule has 3 nitrogen and oxygen atoms in total. The zero-order valence-electron chi connectivity index (χ0n) is 8.71. The topological polar surface area (TPSA) is 49.3 Å². The molecule has 1 unspecified atom stereocenters. The Bertz CT molecular complexity index is 251. The van der Waals surface area contributed by atoms with Crippen molar-refractivity contribution < 1.29 is 9.90 Å². The largest absolute Gasteiger partial charge is 0.478 e. The van der Waals surface area contributed by atoms with Gasteiger partial charge in [0.15, 0.2) is 0 Å². The van der Waals surface area contributed by atoms with Crippen molar-refractivity contribution in [2.45, 2.75) is 32.7 Å². The molecule has 0 saturated carbocycles. The number of terminal acetylenes is 1. The lowest BCUT2D eigenvalue weighted by atomic mass is 10.2. The van der Waals surface area contributed by atoms with Gasteiger partial charge in [-0.15, -0.1) is 6.42 Å². The second-order valence-electron chi connectivity index (χ2n) is 3.11. The van der Waals surface area contributed by atoms with Crippen LogP contribution < -0.4 is 5.32 Å². The van der Waals surface area contributed by atoms with Crippen LogP contribution in [0.15, 0.2) is 11.6 Å². The Labute approximate surface area is 85.2 Å². The number of carbonyl (C=O) groups is 1. The van der Waals surface area contributed by atoms with E-state index in [1.54, 1.807) is 13.0 Å². The van der Waals surface area contributed by atoms with Gasteiger partial charge in [0.2, 0.25) is 0 Å². The van der Waals surface area contributed by atoms with Crippen molar-refractivity contribution in [2.75, 3.05) is 6.54 Å². The Hall–Kier alpha value is -1.27. The highest BCUT2D eigenvalue weighted by atomic mass is 16.4. The molecule has 0 aliphatic rings. The molecule has 0 aliphatic carbocycles. The Balaban J connectivity index is 3.88. The van der Waals surface area contributed by atoms with E-state index in [0.717, 1.165) is 12.8 Å². The van der Waals surface area contributed by atoms with E-state index in [9.17, 15) is 4.79 Å². The molecule has 78 valence electrons. The summed E-state index contributed by atoms with van der Waals surface area (Å²) >= 11 is 0. The van der Waals surface area contributed by atoms with Gasteiger partial charge < -0.3 is 10.4 Å². The first-order valence-electron chi connectivity index (χ1n) is 4.71. The van der Waals surface area contributed by atoms with E-state index >= 15 is 0 Å². The molecule has 0 aliphatic heterocycles. The van der Waals surface area contributed by atoms with E-state index in [4.69, 9.17) is 11.5 Å². The van der Waals surface area contributed by atoms with Crippen LogP contribution in [0.1, 0.15) is 26.7 Å². The minimum Gasteiger partial charge on any atom is -0.478 e. The molecule has 3 heteroatoms. The van der Waals surface area contributed by atoms with E-state index in [2.05, 4.69) is 18.2 Å². The molecule has 0 rings (SSSR count). The number of rotatable bonds is 6. The molecule has 0 saturated heterocycles. The van der Waals surface area contributed by atoms with Crippen molar-refractivity contribution in [3.05, 3.63) is 11.6 Å². The van der Waals surface area contributed by atoms with Gasteiger partial charge in [0.1, 0.15) is 0 Å². The average Bonchev–Trinajstić information content (AvgIpc) is 2.16. The number of nitrogens with one attached hydrogen (secondary N) is 1. The van der Waals surface area contributed by atoms with Crippen LogP contribution in [0.2, 0.25) is 0 Å². The number of carboxylic acids is 1. The molecule has 0 aromatic heterocycles. The lowest BCUT2D eigenvalue weighted by Crippen LogP contribution is -2.27. The molecule has 0 aromatic carbocycles. The van der Waals surface area contributed by atoms with E-state index < -0.39 is 5.97 Å². The summed E-state index contributed by atoms with van der Waals surface area (Å²) in [6.45, 7) is 4.13. The molecule has 0 fully saturated rings. The number of hydrogen-bond donors (Lipinski definition) is 2. The summed E-state index contributed by atoms with van der Waals surface area (Å²) in [5.74, 6) is 1.73. The molecule has 0 spiro atoms. The summed E-state index contributed by atoms with van der Waals surface area (Å²) < 4.78 is 0. The zero-order chi connectivity index (χ0) is 11.0. The van der Waals surface area contributed by atoms with E-state index in [1.807, 2.05) is 0 Å². The maximum Gasteiger partial charge on any atom is 0.330 e. The monoisotopic (exact) mass is 195 g/mol. The number of aliphatic carboxylic acids is 1. The quantitative estimate of drug-likeness (QED) is 0.497. The Morgan fingerprint density at radius 1 is 1.71 bits per heavy atom. The van der Waals surface area contributed by atoms with Crippen molar-refractivity contribution in [3.8, 4) is 12.3 Å². The van der Waals surface area contributed by atoms with Gasteiger partial charge in [-0.1, -0.05) is 25.3 Å². The highest BCUT2D eigenvalue weighted by Crippen LogP contribution is 1.95. The van der Waals surface area contributed by atoms with Gasteiger partial charge in [0, 0.05) is 12.1 Å². The van der Waals surface area contributed by atoms with Gasteiger partial charge in [-0.2, -0.15) is 0 Å². The second-order valence-corrected chi connectivity index (χ2v) is 3.11. The smallest absolute Gasteiger partial charge is 0.330 e. The maximum atomic E-state index is 10.4. The third-order valence-corrected chi connectivity index (χ3v) is 1.89. The van der Waals surface area contributed by atoms with Crippen LogP contribution in [0.25, 0.3) is 0 Å². The summed E-state index contributed by atoms with van der Waals surface area (Å²) in [6, 6.07) is 0.0397. The lowest BCUT2D eigenvalue weighted by Gasteiger charge is -2.09. The summed E-state index contributed by atoms with van der Waals surface area (Å²) in [4.78, 5) is 10.4. The second kappa shape index (κ2) is 7.16. The molecule has 0 heterocycles. The molecule has 2 N–H and O–H groups in total. The first kappa shape index (κ1) is 12.7. The third-order valence-electron chi connectivity index (χ3n) is 1.89.